The van der Waals surface area contributed by atoms with Crippen molar-refractivity contribution in [1.29, 1.82) is 0 Å². The zero-order chi connectivity index (χ0) is 34.3. The van der Waals surface area contributed by atoms with Gasteiger partial charge in [-0.1, -0.05) is 12.1 Å². The number of aliphatic hydroxyl groups is 2. The summed E-state index contributed by atoms with van der Waals surface area (Å²) in [5.41, 5.74) is 0.488. The van der Waals surface area contributed by atoms with Crippen LogP contribution in [-0.4, -0.2) is 77.4 Å². The quantitative estimate of drug-likeness (QED) is 0.135. The first-order valence-electron chi connectivity index (χ1n) is 14.4. The van der Waals surface area contributed by atoms with Crippen LogP contribution >= 0.6 is 0 Å². The van der Waals surface area contributed by atoms with Gasteiger partial charge < -0.3 is 58.7 Å². The smallest absolute Gasteiger partial charge is 0.343 e. The van der Waals surface area contributed by atoms with E-state index < -0.39 is 48.5 Å². The number of fused-ring (bicyclic) bond motifs is 2. The number of carbonyl (C=O) groups is 2. The number of phenols is 3. The van der Waals surface area contributed by atoms with E-state index in [1.807, 2.05) is 0 Å². The van der Waals surface area contributed by atoms with Crippen LogP contribution in [0.2, 0.25) is 0 Å². The number of carbonyl (C=O) groups excluding carboxylic acids is 2. The maximum absolute atomic E-state index is 13.3. The molecule has 0 aromatic heterocycles. The summed E-state index contributed by atoms with van der Waals surface area (Å²) >= 11 is 0. The third-order valence-electron chi connectivity index (χ3n) is 7.92. The third kappa shape index (κ3) is 5.67. The van der Waals surface area contributed by atoms with Crippen LogP contribution in [0.5, 0.6) is 57.5 Å². The van der Waals surface area contributed by atoms with Gasteiger partial charge in [0.05, 0.1) is 33.5 Å². The van der Waals surface area contributed by atoms with E-state index in [1.165, 1.54) is 57.7 Å². The van der Waals surface area contributed by atoms with Crippen molar-refractivity contribution in [2.45, 2.75) is 24.4 Å². The Morgan fingerprint density at radius 1 is 0.729 bits per heavy atom. The molecule has 6 rings (SSSR count). The zero-order valence-electron chi connectivity index (χ0n) is 25.7. The predicted molar refractivity (Wildman–Crippen MR) is 164 cm³/mol. The molecule has 14 nitrogen and oxygen atoms in total. The summed E-state index contributed by atoms with van der Waals surface area (Å²) in [7, 11) is 3.99. The number of hydrogen-bond acceptors (Lipinski definition) is 14. The van der Waals surface area contributed by atoms with E-state index in [4.69, 9.17) is 33.2 Å². The highest BCUT2D eigenvalue weighted by Crippen LogP contribution is 2.46. The van der Waals surface area contributed by atoms with Gasteiger partial charge in [-0.3, -0.25) is 4.79 Å². The maximum atomic E-state index is 13.3. The molecule has 5 N–H and O–H groups in total. The first-order valence-corrected chi connectivity index (χ1v) is 14.4. The van der Waals surface area contributed by atoms with Gasteiger partial charge in [-0.25, -0.2) is 4.79 Å². The second-order valence-corrected chi connectivity index (χ2v) is 10.8. The fourth-order valence-corrected chi connectivity index (χ4v) is 5.51. The predicted octanol–water partition coefficient (Wildman–Crippen LogP) is 3.60. The van der Waals surface area contributed by atoms with E-state index in [-0.39, 0.29) is 62.9 Å². The van der Waals surface area contributed by atoms with Crippen molar-refractivity contribution in [3.8, 4) is 57.5 Å². The molecule has 0 saturated carbocycles. The van der Waals surface area contributed by atoms with Gasteiger partial charge in [0.2, 0.25) is 11.5 Å². The molecule has 0 aliphatic carbocycles. The minimum atomic E-state index is -1.74. The lowest BCUT2D eigenvalue weighted by Crippen LogP contribution is -2.37. The number of Topliss-reactive ketones (excluding diaryl/α,β-unsaturated/α-hetero) is 1. The van der Waals surface area contributed by atoms with Crippen LogP contribution in [0.25, 0.3) is 0 Å². The van der Waals surface area contributed by atoms with Crippen LogP contribution in [0.3, 0.4) is 0 Å². The molecule has 0 saturated heterocycles. The summed E-state index contributed by atoms with van der Waals surface area (Å²) in [6.45, 7) is -0.394. The van der Waals surface area contributed by atoms with Crippen LogP contribution in [0, 0.1) is 0 Å². The number of ether oxygens (including phenoxy) is 7. The fourth-order valence-electron chi connectivity index (χ4n) is 5.51. The van der Waals surface area contributed by atoms with Crippen molar-refractivity contribution in [3.05, 3.63) is 82.9 Å². The Morgan fingerprint density at radius 3 is 2.04 bits per heavy atom. The molecule has 2 heterocycles. The molecule has 0 bridgehead atoms. The fraction of sp³-hybridized carbons (Fsp3) is 0.235. The molecule has 0 spiro atoms. The molecule has 14 heteroatoms. The lowest BCUT2D eigenvalue weighted by Gasteiger charge is -2.35. The SMILES string of the molecule is COc1cc(C2Oc3cc([C@H]4Oc5cc(OC(=O)c6cc(OC)c(O)c(OC)c6)cc(O)c5C(=O)[C@@H]4O)ccc3OC2CO)ccc1O. The maximum Gasteiger partial charge on any atom is 0.343 e. The van der Waals surface area contributed by atoms with Crippen molar-refractivity contribution >= 4 is 11.8 Å². The van der Waals surface area contributed by atoms with E-state index in [9.17, 15) is 35.1 Å². The van der Waals surface area contributed by atoms with Gasteiger partial charge in [-0.2, -0.15) is 0 Å². The van der Waals surface area contributed by atoms with Crippen molar-refractivity contribution < 1.29 is 68.3 Å². The Morgan fingerprint density at radius 2 is 1.38 bits per heavy atom. The van der Waals surface area contributed by atoms with Crippen LogP contribution in [0.15, 0.2) is 60.7 Å². The second kappa shape index (κ2) is 12.7. The summed E-state index contributed by atoms with van der Waals surface area (Å²) in [6.07, 6.45) is -4.65. The van der Waals surface area contributed by atoms with Crippen molar-refractivity contribution in [1.82, 2.24) is 0 Å². The molecule has 0 amide bonds. The zero-order valence-corrected chi connectivity index (χ0v) is 25.7. The molecule has 0 radical (unpaired) electrons. The van der Waals surface area contributed by atoms with E-state index in [2.05, 4.69) is 0 Å². The number of esters is 1. The molecular formula is C34H30O14. The Balaban J connectivity index is 1.28. The molecule has 4 aromatic carbocycles. The minimum absolute atomic E-state index is 0.0410. The topological polar surface area (TPSA) is 200 Å². The molecule has 250 valence electrons. The van der Waals surface area contributed by atoms with E-state index in [0.29, 0.717) is 11.1 Å². The highest BCUT2D eigenvalue weighted by Gasteiger charge is 2.41. The molecule has 4 atom stereocenters. The van der Waals surface area contributed by atoms with Gasteiger partial charge >= 0.3 is 5.97 Å². The first-order chi connectivity index (χ1) is 23.1. The molecule has 2 aliphatic heterocycles. The lowest BCUT2D eigenvalue weighted by molar-refractivity contribution is -0.0130. The highest BCUT2D eigenvalue weighted by molar-refractivity contribution is 6.05. The molecule has 0 fully saturated rings. The van der Waals surface area contributed by atoms with Crippen LogP contribution in [-0.2, 0) is 0 Å². The van der Waals surface area contributed by atoms with Gasteiger partial charge in [0.25, 0.3) is 0 Å². The number of phenolic OH excluding ortho intramolecular Hbond substituents is 3. The van der Waals surface area contributed by atoms with Crippen molar-refractivity contribution in [2.75, 3.05) is 27.9 Å². The summed E-state index contributed by atoms with van der Waals surface area (Å²) in [4.78, 5) is 26.3. The standard InChI is InChI=1S/C34H30O14/c1-42-22-8-15(4-6-19(22)36)32-27(14-35)46-21-7-5-16(9-23(21)47-32)33-31(40)30(39)28-20(37)12-18(13-24(28)48-33)45-34(41)17-10-25(43-2)29(38)26(11-17)44-3/h4-13,27,31-33,35-38,40H,14H2,1-3H3/t27?,31-,32?,33+/m0/s1. The average molecular weight is 663 g/mol. The minimum Gasteiger partial charge on any atom is -0.507 e. The van der Waals surface area contributed by atoms with Gasteiger partial charge in [-0.05, 0) is 42.0 Å². The third-order valence-corrected chi connectivity index (χ3v) is 7.92. The largest absolute Gasteiger partial charge is 0.507 e. The normalized spacial score (nSPS) is 19.5. The Hall–Kier alpha value is -5.86. The van der Waals surface area contributed by atoms with Gasteiger partial charge in [0.1, 0.15) is 22.8 Å². The number of ketones is 1. The summed E-state index contributed by atoms with van der Waals surface area (Å²) in [5.74, 6) is -2.48. The Labute approximate surface area is 272 Å². The Bertz CT molecular complexity index is 1880. The molecule has 2 unspecified atom stereocenters. The molecule has 2 aliphatic rings. The second-order valence-electron chi connectivity index (χ2n) is 10.8. The van der Waals surface area contributed by atoms with E-state index in [0.717, 1.165) is 6.07 Å². The summed E-state index contributed by atoms with van der Waals surface area (Å²) in [6, 6.07) is 13.9. The molecule has 4 aromatic rings. The highest BCUT2D eigenvalue weighted by atomic mass is 16.6. The average Bonchev–Trinajstić information content (AvgIpc) is 3.09. The van der Waals surface area contributed by atoms with Gasteiger partial charge in [-0.15, -0.1) is 0 Å². The van der Waals surface area contributed by atoms with E-state index in [1.54, 1.807) is 18.2 Å². The number of methoxy groups -OCH3 is 3. The number of aromatic hydroxyl groups is 3. The van der Waals surface area contributed by atoms with Crippen LogP contribution in [0.1, 0.15) is 44.1 Å². The number of hydrogen-bond donors (Lipinski definition) is 5. The number of rotatable bonds is 8. The van der Waals surface area contributed by atoms with Crippen LogP contribution in [0.4, 0.5) is 0 Å². The summed E-state index contributed by atoms with van der Waals surface area (Å²) in [5, 5.41) is 51.9. The number of benzene rings is 4. The van der Waals surface area contributed by atoms with Gasteiger partial charge in [0.15, 0.2) is 58.9 Å². The Kier molecular flexibility index (Phi) is 8.52. The van der Waals surface area contributed by atoms with Gasteiger partial charge in [0, 0.05) is 17.7 Å². The monoisotopic (exact) mass is 662 g/mol. The lowest BCUT2D eigenvalue weighted by atomic mass is 9.92. The molecule has 48 heavy (non-hydrogen) atoms. The van der Waals surface area contributed by atoms with Crippen LogP contribution < -0.4 is 33.2 Å². The first kappa shape index (κ1) is 32.1. The van der Waals surface area contributed by atoms with Crippen molar-refractivity contribution in [2.24, 2.45) is 0 Å². The summed E-state index contributed by atoms with van der Waals surface area (Å²) < 4.78 is 39.0. The molecular weight excluding hydrogens is 632 g/mol. The van der Waals surface area contributed by atoms with Crippen molar-refractivity contribution in [3.63, 3.8) is 0 Å². The van der Waals surface area contributed by atoms with E-state index >= 15 is 0 Å². The number of aliphatic hydroxyl groups excluding tert-OH is 2.